The molecular formula is C12H21N3O3S2. The number of nitrogens with zero attached hydrogens (tertiary/aromatic N) is 2. The van der Waals surface area contributed by atoms with Crippen molar-refractivity contribution in [3.8, 4) is 0 Å². The Morgan fingerprint density at radius 3 is 2.45 bits per heavy atom. The maximum Gasteiger partial charge on any atom is 0.279 e. The standard InChI is InChI=1S/C12H21N3O3S2/c1-8-6-15(7-9(2)18-8)20(16,17)13-5-12-10(3)19-11(4)14-12/h8-9,13H,5-7H2,1-4H3/t8-,9+. The van der Waals surface area contributed by atoms with Crippen LogP contribution >= 0.6 is 11.3 Å². The number of aryl methyl sites for hydroxylation is 2. The van der Waals surface area contributed by atoms with Crippen molar-refractivity contribution in [1.82, 2.24) is 14.0 Å². The first kappa shape index (κ1) is 15.8. The van der Waals surface area contributed by atoms with Crippen molar-refractivity contribution in [3.63, 3.8) is 0 Å². The van der Waals surface area contributed by atoms with Crippen LogP contribution < -0.4 is 4.72 Å². The molecule has 6 nitrogen and oxygen atoms in total. The van der Waals surface area contributed by atoms with Crippen LogP contribution in [0.4, 0.5) is 0 Å². The van der Waals surface area contributed by atoms with Gasteiger partial charge in [-0.25, -0.2) is 4.98 Å². The second kappa shape index (κ2) is 6.07. The third-order valence-corrected chi connectivity index (χ3v) is 5.56. The van der Waals surface area contributed by atoms with Crippen molar-refractivity contribution >= 4 is 21.5 Å². The largest absolute Gasteiger partial charge is 0.373 e. The number of aromatic nitrogens is 1. The van der Waals surface area contributed by atoms with Gasteiger partial charge in [-0.3, -0.25) is 0 Å². The third kappa shape index (κ3) is 3.76. The van der Waals surface area contributed by atoms with E-state index in [0.717, 1.165) is 15.6 Å². The molecule has 20 heavy (non-hydrogen) atoms. The minimum atomic E-state index is -3.49. The highest BCUT2D eigenvalue weighted by molar-refractivity contribution is 7.87. The molecule has 0 aromatic carbocycles. The van der Waals surface area contributed by atoms with Crippen molar-refractivity contribution in [2.75, 3.05) is 13.1 Å². The molecule has 1 aliphatic rings. The molecule has 2 heterocycles. The Hall–Kier alpha value is -0.540. The summed E-state index contributed by atoms with van der Waals surface area (Å²) in [4.78, 5) is 5.39. The second-order valence-corrected chi connectivity index (χ2v) is 8.30. The van der Waals surface area contributed by atoms with Gasteiger partial charge in [-0.05, 0) is 27.7 Å². The zero-order valence-corrected chi connectivity index (χ0v) is 13.8. The number of rotatable bonds is 4. The van der Waals surface area contributed by atoms with Gasteiger partial charge in [-0.1, -0.05) is 0 Å². The van der Waals surface area contributed by atoms with Crippen molar-refractivity contribution in [1.29, 1.82) is 0 Å². The minimum Gasteiger partial charge on any atom is -0.373 e. The number of hydrogen-bond acceptors (Lipinski definition) is 5. The molecule has 0 radical (unpaired) electrons. The molecule has 0 spiro atoms. The van der Waals surface area contributed by atoms with Crippen LogP contribution in [0, 0.1) is 13.8 Å². The highest BCUT2D eigenvalue weighted by atomic mass is 32.2. The molecule has 0 unspecified atom stereocenters. The Kier molecular flexibility index (Phi) is 4.80. The Labute approximate surface area is 124 Å². The molecule has 8 heteroatoms. The van der Waals surface area contributed by atoms with E-state index in [-0.39, 0.29) is 18.8 Å². The quantitative estimate of drug-likeness (QED) is 0.905. The molecule has 1 aromatic rings. The smallest absolute Gasteiger partial charge is 0.279 e. The van der Waals surface area contributed by atoms with Crippen LogP contribution in [0.2, 0.25) is 0 Å². The number of morpholine rings is 1. The zero-order chi connectivity index (χ0) is 14.9. The van der Waals surface area contributed by atoms with E-state index in [9.17, 15) is 8.42 Å². The summed E-state index contributed by atoms with van der Waals surface area (Å²) < 4.78 is 34.2. The lowest BCUT2D eigenvalue weighted by Crippen LogP contribution is -2.51. The van der Waals surface area contributed by atoms with Gasteiger partial charge in [-0.2, -0.15) is 17.4 Å². The van der Waals surface area contributed by atoms with E-state index in [4.69, 9.17) is 4.74 Å². The summed E-state index contributed by atoms with van der Waals surface area (Å²) in [6, 6.07) is 0. The summed E-state index contributed by atoms with van der Waals surface area (Å²) in [5, 5.41) is 0.949. The summed E-state index contributed by atoms with van der Waals surface area (Å²) in [6.45, 7) is 8.63. The Balaban J connectivity index is 2.02. The fourth-order valence-corrected chi connectivity index (χ4v) is 4.46. The lowest BCUT2D eigenvalue weighted by atomic mass is 10.3. The predicted octanol–water partition coefficient (Wildman–Crippen LogP) is 1.20. The van der Waals surface area contributed by atoms with E-state index in [2.05, 4.69) is 9.71 Å². The lowest BCUT2D eigenvalue weighted by molar-refractivity contribution is -0.0444. The van der Waals surface area contributed by atoms with Gasteiger partial charge in [0.2, 0.25) is 0 Å². The molecule has 0 amide bonds. The van der Waals surface area contributed by atoms with Crippen LogP contribution in [-0.4, -0.2) is 43.0 Å². The normalized spacial score (nSPS) is 25.0. The van der Waals surface area contributed by atoms with E-state index in [1.165, 1.54) is 4.31 Å². The molecule has 1 saturated heterocycles. The molecule has 0 bridgehead atoms. The molecule has 1 aromatic heterocycles. The van der Waals surface area contributed by atoms with Gasteiger partial charge >= 0.3 is 0 Å². The van der Waals surface area contributed by atoms with Crippen LogP contribution in [0.5, 0.6) is 0 Å². The monoisotopic (exact) mass is 319 g/mol. The molecule has 2 rings (SSSR count). The highest BCUT2D eigenvalue weighted by Gasteiger charge is 2.30. The SMILES string of the molecule is Cc1nc(CNS(=O)(=O)N2C[C@@H](C)O[C@@H](C)C2)c(C)s1. The molecule has 2 atom stereocenters. The lowest BCUT2D eigenvalue weighted by Gasteiger charge is -2.34. The molecule has 1 aliphatic heterocycles. The average molecular weight is 319 g/mol. The topological polar surface area (TPSA) is 71.5 Å². The van der Waals surface area contributed by atoms with Gasteiger partial charge in [0.05, 0.1) is 29.5 Å². The van der Waals surface area contributed by atoms with E-state index >= 15 is 0 Å². The second-order valence-electron chi connectivity index (χ2n) is 5.14. The van der Waals surface area contributed by atoms with Crippen LogP contribution in [0.3, 0.4) is 0 Å². The Morgan fingerprint density at radius 2 is 1.95 bits per heavy atom. The molecule has 0 saturated carbocycles. The maximum atomic E-state index is 12.3. The fourth-order valence-electron chi connectivity index (χ4n) is 2.31. The highest BCUT2D eigenvalue weighted by Crippen LogP contribution is 2.17. The molecule has 0 aliphatic carbocycles. The van der Waals surface area contributed by atoms with Crippen LogP contribution in [-0.2, 0) is 21.5 Å². The van der Waals surface area contributed by atoms with Gasteiger partial charge in [0.25, 0.3) is 10.2 Å². The van der Waals surface area contributed by atoms with E-state index in [1.807, 2.05) is 27.7 Å². The van der Waals surface area contributed by atoms with Crippen LogP contribution in [0.15, 0.2) is 0 Å². The number of thiazole rings is 1. The Bertz CT molecular complexity index is 561. The third-order valence-electron chi connectivity index (χ3n) is 3.15. The van der Waals surface area contributed by atoms with Crippen molar-refractivity contribution in [2.24, 2.45) is 0 Å². The van der Waals surface area contributed by atoms with Gasteiger partial charge in [0.15, 0.2) is 0 Å². The maximum absolute atomic E-state index is 12.3. The minimum absolute atomic E-state index is 0.0846. The first-order chi connectivity index (χ1) is 9.28. The summed E-state index contributed by atoms with van der Waals surface area (Å²) in [5.74, 6) is 0. The van der Waals surface area contributed by atoms with Gasteiger partial charge < -0.3 is 4.74 Å². The molecule has 114 valence electrons. The number of hydrogen-bond donors (Lipinski definition) is 1. The van der Waals surface area contributed by atoms with Gasteiger partial charge in [0.1, 0.15) is 0 Å². The summed E-state index contributed by atoms with van der Waals surface area (Å²) in [7, 11) is -3.49. The van der Waals surface area contributed by atoms with Crippen LogP contribution in [0.25, 0.3) is 0 Å². The molecule has 1 fully saturated rings. The Morgan fingerprint density at radius 1 is 1.35 bits per heavy atom. The molecule has 1 N–H and O–H groups in total. The van der Waals surface area contributed by atoms with Crippen molar-refractivity contribution in [2.45, 2.75) is 46.4 Å². The average Bonchev–Trinajstić information content (AvgIpc) is 2.64. The number of nitrogens with one attached hydrogen (secondary N) is 1. The van der Waals surface area contributed by atoms with Crippen LogP contribution in [0.1, 0.15) is 29.4 Å². The van der Waals surface area contributed by atoms with E-state index < -0.39 is 10.2 Å². The summed E-state index contributed by atoms with van der Waals surface area (Å²) >= 11 is 1.58. The van der Waals surface area contributed by atoms with E-state index in [1.54, 1.807) is 11.3 Å². The van der Waals surface area contributed by atoms with Gasteiger partial charge in [-0.15, -0.1) is 11.3 Å². The van der Waals surface area contributed by atoms with Gasteiger partial charge in [0, 0.05) is 18.0 Å². The zero-order valence-electron chi connectivity index (χ0n) is 12.2. The predicted molar refractivity (Wildman–Crippen MR) is 78.9 cm³/mol. The van der Waals surface area contributed by atoms with Crippen molar-refractivity contribution in [3.05, 3.63) is 15.6 Å². The number of ether oxygens (including phenoxy) is 1. The summed E-state index contributed by atoms with van der Waals surface area (Å²) in [6.07, 6.45) is -0.169. The first-order valence-corrected chi connectivity index (χ1v) is 8.86. The summed E-state index contributed by atoms with van der Waals surface area (Å²) in [5.41, 5.74) is 0.797. The van der Waals surface area contributed by atoms with Crippen molar-refractivity contribution < 1.29 is 13.2 Å². The molecular weight excluding hydrogens is 298 g/mol. The first-order valence-electron chi connectivity index (χ1n) is 6.61. The fraction of sp³-hybridized carbons (Fsp3) is 0.750. The van der Waals surface area contributed by atoms with E-state index in [0.29, 0.717) is 13.1 Å².